The second-order valence-electron chi connectivity index (χ2n) is 6.64. The highest BCUT2D eigenvalue weighted by molar-refractivity contribution is 9.11. The van der Waals surface area contributed by atoms with Crippen molar-refractivity contribution in [3.05, 3.63) is 21.1 Å². The molecule has 0 unspecified atom stereocenters. The number of rotatable bonds is 5. The summed E-state index contributed by atoms with van der Waals surface area (Å²) in [4.78, 5) is 0. The zero-order valence-electron chi connectivity index (χ0n) is 14.5. The topological polar surface area (TPSA) is 56.5 Å². The van der Waals surface area contributed by atoms with E-state index in [1.807, 2.05) is 0 Å². The Kier molecular flexibility index (Phi) is 4.66. The lowest BCUT2D eigenvalue weighted by Gasteiger charge is -2.08. The first-order chi connectivity index (χ1) is 13.2. The van der Waals surface area contributed by atoms with Gasteiger partial charge in [-0.1, -0.05) is 26.2 Å². The Morgan fingerprint density at radius 2 is 1.30 bits per heavy atom. The Morgan fingerprint density at radius 3 is 1.81 bits per heavy atom. The third kappa shape index (κ3) is 2.73. The second kappa shape index (κ2) is 7.02. The third-order valence-corrected chi connectivity index (χ3v) is 7.28. The largest absolute Gasteiger partial charge is 0.340 e. The highest BCUT2D eigenvalue weighted by atomic mass is 79.9. The van der Waals surface area contributed by atoms with Crippen LogP contribution in [0.2, 0.25) is 0 Å². The third-order valence-electron chi connectivity index (χ3n) is 5.01. The summed E-state index contributed by atoms with van der Waals surface area (Å²) in [7, 11) is 0. The van der Waals surface area contributed by atoms with Crippen molar-refractivity contribution in [3.8, 4) is 0 Å². The first-order valence-corrected chi connectivity index (χ1v) is 11.9. The molecular weight excluding hydrogens is 510 g/mol. The number of fused-ring (bicyclic) bond motifs is 7. The summed E-state index contributed by atoms with van der Waals surface area (Å²) in [6.45, 7) is 3.22. The fourth-order valence-electron chi connectivity index (χ4n) is 3.77. The van der Waals surface area contributed by atoms with Crippen LogP contribution < -0.4 is 0 Å². The van der Waals surface area contributed by atoms with Gasteiger partial charge in [0.1, 0.15) is 22.1 Å². The second-order valence-corrected chi connectivity index (χ2v) is 9.41. The molecule has 5 aromatic rings. The molecule has 3 heterocycles. The molecule has 0 aliphatic carbocycles. The predicted molar refractivity (Wildman–Crippen MR) is 121 cm³/mol. The summed E-state index contributed by atoms with van der Waals surface area (Å²) in [5, 5.41) is 2.27. The van der Waals surface area contributed by atoms with Crippen LogP contribution in [0.15, 0.2) is 21.1 Å². The van der Waals surface area contributed by atoms with Gasteiger partial charge >= 0.3 is 0 Å². The van der Waals surface area contributed by atoms with Crippen LogP contribution in [0.4, 0.5) is 0 Å². The molecule has 0 aliphatic rings. The highest BCUT2D eigenvalue weighted by Gasteiger charge is 2.22. The minimum Gasteiger partial charge on any atom is -0.340 e. The summed E-state index contributed by atoms with van der Waals surface area (Å²) in [6.07, 6.45) is 4.90. The summed E-state index contributed by atoms with van der Waals surface area (Å²) in [5.74, 6) is 0. The molecule has 0 bridgehead atoms. The van der Waals surface area contributed by atoms with Crippen molar-refractivity contribution in [2.75, 3.05) is 0 Å². The van der Waals surface area contributed by atoms with E-state index >= 15 is 0 Å². The van der Waals surface area contributed by atoms with E-state index in [-0.39, 0.29) is 0 Å². The van der Waals surface area contributed by atoms with Crippen molar-refractivity contribution in [3.63, 3.8) is 0 Å². The molecule has 9 heteroatoms. The van der Waals surface area contributed by atoms with Gasteiger partial charge in [-0.15, -0.1) is 0 Å². The molecule has 5 nitrogen and oxygen atoms in total. The van der Waals surface area contributed by atoms with Gasteiger partial charge < -0.3 is 4.57 Å². The van der Waals surface area contributed by atoms with E-state index in [9.17, 15) is 0 Å². The number of nitrogens with zero attached hydrogens (tertiary/aromatic N) is 5. The lowest BCUT2D eigenvalue weighted by molar-refractivity contribution is 0.602. The van der Waals surface area contributed by atoms with Crippen LogP contribution in [0.1, 0.15) is 32.6 Å². The van der Waals surface area contributed by atoms with E-state index in [0.717, 1.165) is 54.8 Å². The van der Waals surface area contributed by atoms with E-state index in [2.05, 4.69) is 73.0 Å². The van der Waals surface area contributed by atoms with Gasteiger partial charge in [-0.25, -0.2) is 0 Å². The van der Waals surface area contributed by atoms with Gasteiger partial charge in [0, 0.05) is 26.3 Å². The maximum absolute atomic E-state index is 4.63. The summed E-state index contributed by atoms with van der Waals surface area (Å²) >= 11 is 9.89. The number of hydrogen-bond donors (Lipinski definition) is 0. The molecule has 5 rings (SSSR count). The van der Waals surface area contributed by atoms with Gasteiger partial charge in [0.05, 0.1) is 34.5 Å². The van der Waals surface area contributed by atoms with Crippen molar-refractivity contribution < 1.29 is 0 Å². The van der Waals surface area contributed by atoms with Crippen LogP contribution in [-0.4, -0.2) is 22.1 Å². The number of benzene rings is 2. The molecule has 138 valence electrons. The van der Waals surface area contributed by atoms with E-state index in [1.54, 1.807) is 0 Å². The zero-order valence-corrected chi connectivity index (χ0v) is 19.3. The van der Waals surface area contributed by atoms with E-state index < -0.39 is 0 Å². The standard InChI is InChI=1S/C18H15Br2N5S2/c1-2-3-4-5-6-25-11-7-9(19)15-17(23-26-21-15)13(11)14-12(25)8-10(20)16-18(14)24-27-22-16/h7-8H,2-6H2,1H3. The summed E-state index contributed by atoms with van der Waals surface area (Å²) in [6, 6.07) is 4.36. The minimum absolute atomic E-state index is 0.914. The Bertz CT molecular complexity index is 1210. The minimum atomic E-state index is 0.914. The lowest BCUT2D eigenvalue weighted by Crippen LogP contribution is -1.98. The van der Waals surface area contributed by atoms with Crippen LogP contribution in [0, 0.1) is 0 Å². The average molecular weight is 525 g/mol. The van der Waals surface area contributed by atoms with Crippen molar-refractivity contribution in [2.24, 2.45) is 0 Å². The number of unbranched alkanes of at least 4 members (excludes halogenated alkanes) is 3. The average Bonchev–Trinajstić information content (AvgIpc) is 3.37. The smallest absolute Gasteiger partial charge is 0.119 e. The van der Waals surface area contributed by atoms with Gasteiger partial charge in [0.2, 0.25) is 0 Å². The molecule has 0 atom stereocenters. The van der Waals surface area contributed by atoms with Gasteiger partial charge in [-0.3, -0.25) is 0 Å². The number of halogens is 2. The highest BCUT2D eigenvalue weighted by Crippen LogP contribution is 2.42. The quantitative estimate of drug-likeness (QED) is 0.234. The fraction of sp³-hybridized carbons (Fsp3) is 0.333. The fourth-order valence-corrected chi connectivity index (χ4v) is 6.12. The Labute approximate surface area is 180 Å². The molecule has 0 fully saturated rings. The number of hydrogen-bond acceptors (Lipinski definition) is 6. The molecule has 27 heavy (non-hydrogen) atoms. The van der Waals surface area contributed by atoms with Gasteiger partial charge in [-0.05, 0) is 50.4 Å². The molecule has 3 aromatic heterocycles. The van der Waals surface area contributed by atoms with Gasteiger partial charge in [-0.2, -0.15) is 17.5 Å². The molecule has 0 saturated carbocycles. The maximum Gasteiger partial charge on any atom is 0.119 e. The number of aryl methyl sites for hydroxylation is 1. The molecule has 0 spiro atoms. The van der Waals surface area contributed by atoms with Crippen molar-refractivity contribution in [2.45, 2.75) is 39.2 Å². The van der Waals surface area contributed by atoms with Crippen molar-refractivity contribution >= 4 is 99.2 Å². The van der Waals surface area contributed by atoms with Crippen LogP contribution in [0.3, 0.4) is 0 Å². The normalized spacial score (nSPS) is 12.3. The van der Waals surface area contributed by atoms with Crippen molar-refractivity contribution in [1.82, 2.24) is 22.1 Å². The lowest BCUT2D eigenvalue weighted by atomic mass is 10.1. The number of aromatic nitrogens is 5. The molecule has 0 N–H and O–H groups in total. The molecule has 0 radical (unpaired) electrons. The Balaban J connectivity index is 1.90. The Morgan fingerprint density at radius 1 is 0.778 bits per heavy atom. The first-order valence-electron chi connectivity index (χ1n) is 8.88. The molecule has 2 aromatic carbocycles. The predicted octanol–water partition coefficient (Wildman–Crippen LogP) is 6.91. The molecule has 0 aliphatic heterocycles. The van der Waals surface area contributed by atoms with Crippen molar-refractivity contribution in [1.29, 1.82) is 0 Å². The SMILES string of the molecule is CCCCCCn1c2cc(Br)c3nsnc3c2c2c3nsnc3c(Br)cc21. The van der Waals surface area contributed by atoms with E-state index in [1.165, 1.54) is 53.8 Å². The van der Waals surface area contributed by atoms with E-state index in [4.69, 9.17) is 0 Å². The van der Waals surface area contributed by atoms with E-state index in [0.29, 0.717) is 0 Å². The molecule has 0 amide bonds. The monoisotopic (exact) mass is 523 g/mol. The summed E-state index contributed by atoms with van der Waals surface area (Å²) < 4.78 is 22.6. The van der Waals surface area contributed by atoms with Gasteiger partial charge in [0.25, 0.3) is 0 Å². The van der Waals surface area contributed by atoms with Gasteiger partial charge in [0.15, 0.2) is 0 Å². The van der Waals surface area contributed by atoms with Crippen LogP contribution in [0.25, 0.3) is 43.9 Å². The maximum atomic E-state index is 4.63. The van der Waals surface area contributed by atoms with Crippen LogP contribution >= 0.6 is 55.3 Å². The summed E-state index contributed by atoms with van der Waals surface area (Å²) in [5.41, 5.74) is 6.08. The Hall–Kier alpha value is -1.16. The van der Waals surface area contributed by atoms with Crippen LogP contribution in [0.5, 0.6) is 0 Å². The zero-order chi connectivity index (χ0) is 18.5. The first kappa shape index (κ1) is 17.9. The van der Waals surface area contributed by atoms with Crippen LogP contribution in [-0.2, 0) is 6.54 Å². The molecule has 0 saturated heterocycles. The molecular formula is C18H15Br2N5S2.